The summed E-state index contributed by atoms with van der Waals surface area (Å²) in [7, 11) is -1.24. The van der Waals surface area contributed by atoms with E-state index in [1.165, 1.54) is 12.1 Å². The minimum absolute atomic E-state index is 0. The number of benzene rings is 8. The maximum absolute atomic E-state index is 12.6. The third-order valence-corrected chi connectivity index (χ3v) is 20.3. The van der Waals surface area contributed by atoms with Crippen LogP contribution in [-0.2, 0) is 19.5 Å². The van der Waals surface area contributed by atoms with E-state index >= 15 is 0 Å². The van der Waals surface area contributed by atoms with Crippen molar-refractivity contribution < 1.29 is 114 Å². The summed E-state index contributed by atoms with van der Waals surface area (Å²) in [4.78, 5) is 33.8. The number of aromatic nitrogens is 2. The van der Waals surface area contributed by atoms with Gasteiger partial charge in [0.1, 0.15) is 0 Å². The van der Waals surface area contributed by atoms with Gasteiger partial charge in [-0.3, -0.25) is 0 Å². The monoisotopic (exact) mass is 1260 g/mol. The fraction of sp³-hybridized carbons (Fsp3) is 0.172. The van der Waals surface area contributed by atoms with Gasteiger partial charge in [-0.15, -0.1) is 0 Å². The molecule has 0 spiro atoms. The van der Waals surface area contributed by atoms with E-state index in [1.807, 2.05) is 72.8 Å². The predicted octanol–water partition coefficient (Wildman–Crippen LogP) is 4.54. The Hall–Kier alpha value is -5.67. The normalized spacial score (nSPS) is 13.6. The molecule has 4 aliphatic rings. The molecule has 6 heterocycles. The Morgan fingerprint density at radius 3 is 1.44 bits per heavy atom. The SMILES string of the molecule is CCCCOc1c2ccccc2c(OCCCC)c2c3[n]4c(c12)N=C1N=C(N=c2c5c(OC)c6ccccc6c(OC)c5c([n]2[In]4)=NC2=NC(=N3)c3cc4cc(S(=O)(=O)O)ccc4cc32)c2cc3cc(SOOO)ccc3cc21.O.[H-].[H-].[Na+].[Na+]. The predicted molar refractivity (Wildman–Crippen MR) is 311 cm³/mol. The Kier molecular flexibility index (Phi) is 16.3. The molecule has 403 valence electrons. The van der Waals surface area contributed by atoms with Crippen LogP contribution >= 0.6 is 12.0 Å². The second-order valence-corrected chi connectivity index (χ2v) is 25.2. The molecule has 10 aromatic rings. The first-order valence-electron chi connectivity index (χ1n) is 25.6. The van der Waals surface area contributed by atoms with Crippen LogP contribution in [0.25, 0.3) is 64.6 Å². The Morgan fingerprint density at radius 2 is 0.988 bits per heavy atom. The van der Waals surface area contributed by atoms with Crippen molar-refractivity contribution in [1.82, 2.24) is 5.11 Å². The van der Waals surface area contributed by atoms with Gasteiger partial charge < -0.3 is 8.33 Å². The van der Waals surface area contributed by atoms with Gasteiger partial charge in [0.25, 0.3) is 0 Å². The number of rotatable bonds is 14. The fourth-order valence-electron chi connectivity index (χ4n) is 11.2. The molecule has 0 atom stereocenters. The van der Waals surface area contributed by atoms with Crippen molar-refractivity contribution >= 4 is 145 Å². The van der Waals surface area contributed by atoms with Crippen molar-refractivity contribution in [3.05, 3.63) is 142 Å². The molecule has 0 amide bonds. The number of ether oxygens (including phenoxy) is 4. The smallest absolute Gasteiger partial charge is 1.00 e. The van der Waals surface area contributed by atoms with Gasteiger partial charge in [-0.1, -0.05) is 0 Å². The molecular formula is C58H48InN8Na2O11S2. The van der Waals surface area contributed by atoms with Gasteiger partial charge in [-0.25, -0.2) is 5.26 Å². The van der Waals surface area contributed by atoms with E-state index in [0.29, 0.717) is 131 Å². The average molecular weight is 1260 g/mol. The molecule has 6 bridgehead atoms. The van der Waals surface area contributed by atoms with Gasteiger partial charge in [0.05, 0.1) is 0 Å². The van der Waals surface area contributed by atoms with Gasteiger partial charge in [0, 0.05) is 0 Å². The molecule has 24 heteroatoms. The first-order chi connectivity index (χ1) is 38.6. The largest absolute Gasteiger partial charge is 1.00 e. The molecule has 4 N–H and O–H groups in total. The van der Waals surface area contributed by atoms with E-state index in [-0.39, 0.29) is 72.3 Å². The maximum Gasteiger partial charge on any atom is 1.00 e. The first-order valence-corrected chi connectivity index (χ1v) is 30.7. The van der Waals surface area contributed by atoms with Gasteiger partial charge in [0.2, 0.25) is 0 Å². The Balaban J connectivity index is 0.00000169. The van der Waals surface area contributed by atoms with Crippen molar-refractivity contribution in [1.29, 1.82) is 0 Å². The van der Waals surface area contributed by atoms with E-state index in [0.717, 1.165) is 81.2 Å². The summed E-state index contributed by atoms with van der Waals surface area (Å²) < 4.78 is 71.8. The molecule has 1 radical (unpaired) electrons. The number of aliphatic imine (C=N–C) groups is 4. The molecule has 14 rings (SSSR count). The zero-order chi connectivity index (χ0) is 53.8. The van der Waals surface area contributed by atoms with Crippen molar-refractivity contribution in [2.45, 2.75) is 49.3 Å². The molecule has 4 aliphatic heterocycles. The van der Waals surface area contributed by atoms with E-state index in [2.05, 4.69) is 42.2 Å². The van der Waals surface area contributed by atoms with Crippen LogP contribution in [0, 0.1) is 0 Å². The molecule has 82 heavy (non-hydrogen) atoms. The summed E-state index contributed by atoms with van der Waals surface area (Å²) in [5, 5.41) is 21.9. The fourth-order valence-corrected chi connectivity index (χ4v) is 16.1. The average Bonchev–Trinajstić information content (AvgIpc) is 1.70. The topological polar surface area (TPSA) is 245 Å². The van der Waals surface area contributed by atoms with E-state index < -0.39 is 33.6 Å². The van der Waals surface area contributed by atoms with Gasteiger partial charge >= 0.3 is 523 Å². The third kappa shape index (κ3) is 9.39. The molecule has 0 saturated carbocycles. The summed E-state index contributed by atoms with van der Waals surface area (Å²) in [5.41, 5.74) is 3.73. The van der Waals surface area contributed by atoms with Gasteiger partial charge in [-0.05, 0) is 0 Å². The zero-order valence-electron chi connectivity index (χ0n) is 47.3. The number of hydrogen-bond acceptors (Lipinski definition) is 16. The number of amidine groups is 4. The summed E-state index contributed by atoms with van der Waals surface area (Å²) in [5.74, 6) is 4.90. The number of hydrogen-bond donors (Lipinski definition) is 2. The summed E-state index contributed by atoms with van der Waals surface area (Å²) in [6.45, 7) is 5.10. The van der Waals surface area contributed by atoms with Crippen LogP contribution in [0.3, 0.4) is 0 Å². The second kappa shape index (κ2) is 23.1. The first kappa shape index (κ1) is 58.1. The van der Waals surface area contributed by atoms with Crippen molar-refractivity contribution in [3.8, 4) is 23.0 Å². The van der Waals surface area contributed by atoms with E-state index in [9.17, 15) is 13.0 Å². The van der Waals surface area contributed by atoms with Crippen LogP contribution in [0.4, 0.5) is 11.6 Å². The number of fused-ring (bicyclic) bond motifs is 18. The van der Waals surface area contributed by atoms with Gasteiger partial charge in [-0.2, -0.15) is 0 Å². The molecule has 0 unspecified atom stereocenters. The number of nitrogens with zero attached hydrogens (tertiary/aromatic N) is 8. The van der Waals surface area contributed by atoms with Crippen LogP contribution < -0.4 is 89.0 Å². The Labute approximate surface area is 531 Å². The summed E-state index contributed by atoms with van der Waals surface area (Å²) in [6.07, 6.45) is 3.37. The Bertz CT molecular complexity index is 4770. The Morgan fingerprint density at radius 1 is 0.549 bits per heavy atom. The molecule has 0 saturated heterocycles. The van der Waals surface area contributed by atoms with Crippen LogP contribution in [-0.4, -0.2) is 103 Å². The van der Waals surface area contributed by atoms with Crippen molar-refractivity contribution in [2.24, 2.45) is 30.0 Å². The number of unbranched alkanes of at least 4 members (excludes halogenated alkanes) is 2. The van der Waals surface area contributed by atoms with Crippen LogP contribution in [0.1, 0.15) is 64.6 Å². The number of methoxy groups -OCH3 is 2. The van der Waals surface area contributed by atoms with E-state index in [4.69, 9.17) is 58.5 Å². The quantitative estimate of drug-likeness (QED) is 0.0382. The minimum atomic E-state index is -4.55. The molecule has 0 aliphatic carbocycles. The second-order valence-electron chi connectivity index (χ2n) is 19.3. The maximum atomic E-state index is 12.6. The van der Waals surface area contributed by atoms with Crippen molar-refractivity contribution in [2.75, 3.05) is 27.4 Å². The summed E-state index contributed by atoms with van der Waals surface area (Å²) >= 11 is -1.96. The summed E-state index contributed by atoms with van der Waals surface area (Å²) in [6, 6.07) is 34.2. The molecule has 19 nitrogen and oxygen atoms in total. The molecule has 2 aromatic heterocycles. The molecule has 8 aromatic carbocycles. The van der Waals surface area contributed by atoms with Crippen LogP contribution in [0.2, 0.25) is 0 Å². The van der Waals surface area contributed by atoms with Crippen molar-refractivity contribution in [3.63, 3.8) is 0 Å². The third-order valence-electron chi connectivity index (χ3n) is 14.8. The minimum Gasteiger partial charge on any atom is -1.00 e. The molecular weight excluding hydrogens is 1210 g/mol. The zero-order valence-corrected chi connectivity index (χ0v) is 54.2. The molecule has 0 fully saturated rings. The standard InChI is InChI=1S/C58H44N8O10S2.In.2Na.H2O.2H/c1-5-7-21-73-49-37-15-11-12-16-38(37)50(74-22-8-6-2)46-45(49)57-63-52-39-25-29-17-19-33(77-76-75-67)23-31(29)27-41(39)53(60-52)62-56-44-43(47(71-3)35-13-9-10-14-36(35)48(44)72-4)55(65-56)61-51-40-26-30-18-20-34(78(68,69)70)24-32(30)28-42(40)54(59-51)64-58(46)66-57;;;;;;/h9-20,23-28H,5-8,21-22H2,1-4H3,(H2-2,59,60,61,62,63,64,65,66,67,68,69,70);;;;1H2;;/q-2;+2;2*+1;;2*-1. The van der Waals surface area contributed by atoms with E-state index in [1.54, 1.807) is 20.3 Å². The van der Waals surface area contributed by atoms with Crippen LogP contribution in [0.5, 0.6) is 23.0 Å². The van der Waals surface area contributed by atoms with Gasteiger partial charge in [0.15, 0.2) is 0 Å². The van der Waals surface area contributed by atoms with Crippen LogP contribution in [0.15, 0.2) is 149 Å².